The largest absolute Gasteiger partial charge is 0.495 e. The van der Waals surface area contributed by atoms with Gasteiger partial charge in [0.15, 0.2) is 9.84 Å². The minimum atomic E-state index is -3.41. The fourth-order valence-electron chi connectivity index (χ4n) is 1.60. The van der Waals surface area contributed by atoms with Gasteiger partial charge < -0.3 is 10.5 Å². The molecule has 96 valence electrons. The first kappa shape index (κ1) is 12.9. The van der Waals surface area contributed by atoms with Crippen molar-refractivity contribution in [2.24, 2.45) is 0 Å². The van der Waals surface area contributed by atoms with Crippen LogP contribution in [0.4, 0.5) is 5.69 Å². The second kappa shape index (κ2) is 4.99. The number of nitrogens with two attached hydrogens (primary N) is 1. The molecule has 0 saturated heterocycles. The van der Waals surface area contributed by atoms with Crippen LogP contribution >= 0.6 is 11.3 Å². The van der Waals surface area contributed by atoms with Crippen LogP contribution < -0.4 is 10.5 Å². The number of rotatable bonds is 4. The number of hydrogen-bond acceptors (Lipinski definition) is 5. The molecule has 0 atom stereocenters. The summed E-state index contributed by atoms with van der Waals surface area (Å²) in [4.78, 5) is 0.974. The standard InChI is InChI=1S/C12H13NO3S2/c1-16-11-7-9(13)4-5-12(11)18(14,15)8-10-3-2-6-17-10/h2-7H,8,13H2,1H3. The maximum atomic E-state index is 12.3. The fourth-order valence-corrected chi connectivity index (χ4v) is 4.18. The molecule has 0 aliphatic heterocycles. The highest BCUT2D eigenvalue weighted by Crippen LogP contribution is 2.29. The molecule has 4 nitrogen and oxygen atoms in total. The zero-order valence-electron chi connectivity index (χ0n) is 9.79. The lowest BCUT2D eigenvalue weighted by molar-refractivity contribution is 0.403. The van der Waals surface area contributed by atoms with Gasteiger partial charge in [0, 0.05) is 16.6 Å². The van der Waals surface area contributed by atoms with E-state index in [1.54, 1.807) is 12.1 Å². The Hall–Kier alpha value is -1.53. The van der Waals surface area contributed by atoms with Gasteiger partial charge in [0.05, 0.1) is 12.9 Å². The van der Waals surface area contributed by atoms with Crippen LogP contribution in [-0.2, 0) is 15.6 Å². The van der Waals surface area contributed by atoms with Gasteiger partial charge in [0.2, 0.25) is 0 Å². The number of ether oxygens (including phenoxy) is 1. The van der Waals surface area contributed by atoms with Crippen molar-refractivity contribution in [3.8, 4) is 5.75 Å². The zero-order chi connectivity index (χ0) is 13.2. The SMILES string of the molecule is COc1cc(N)ccc1S(=O)(=O)Cc1cccs1. The fraction of sp³-hybridized carbons (Fsp3) is 0.167. The highest BCUT2D eigenvalue weighted by Gasteiger charge is 2.20. The van der Waals surface area contributed by atoms with Crippen molar-refractivity contribution in [3.63, 3.8) is 0 Å². The lowest BCUT2D eigenvalue weighted by Gasteiger charge is -2.09. The van der Waals surface area contributed by atoms with Crippen molar-refractivity contribution in [1.82, 2.24) is 0 Å². The van der Waals surface area contributed by atoms with E-state index in [1.807, 2.05) is 11.4 Å². The Morgan fingerprint density at radius 3 is 2.72 bits per heavy atom. The van der Waals surface area contributed by atoms with Gasteiger partial charge in [-0.1, -0.05) is 6.07 Å². The molecule has 1 aromatic carbocycles. The zero-order valence-corrected chi connectivity index (χ0v) is 11.4. The Bertz CT molecular complexity index is 633. The maximum absolute atomic E-state index is 12.3. The van der Waals surface area contributed by atoms with Gasteiger partial charge in [-0.05, 0) is 23.6 Å². The summed E-state index contributed by atoms with van der Waals surface area (Å²) in [7, 11) is -1.98. The molecule has 0 saturated carbocycles. The Balaban J connectivity index is 2.41. The van der Waals surface area contributed by atoms with Gasteiger partial charge in [-0.2, -0.15) is 0 Å². The summed E-state index contributed by atoms with van der Waals surface area (Å²) >= 11 is 1.42. The van der Waals surface area contributed by atoms with E-state index in [9.17, 15) is 8.42 Å². The molecular weight excluding hydrogens is 270 g/mol. The quantitative estimate of drug-likeness (QED) is 0.874. The predicted molar refractivity (Wildman–Crippen MR) is 72.6 cm³/mol. The number of methoxy groups -OCH3 is 1. The van der Waals surface area contributed by atoms with Crippen LogP contribution in [0.25, 0.3) is 0 Å². The highest BCUT2D eigenvalue weighted by molar-refractivity contribution is 7.90. The van der Waals surface area contributed by atoms with E-state index < -0.39 is 9.84 Å². The molecular formula is C12H13NO3S2. The van der Waals surface area contributed by atoms with Gasteiger partial charge >= 0.3 is 0 Å². The van der Waals surface area contributed by atoms with E-state index in [-0.39, 0.29) is 16.4 Å². The number of nitrogen functional groups attached to an aromatic ring is 1. The molecule has 6 heteroatoms. The van der Waals surface area contributed by atoms with Crippen molar-refractivity contribution < 1.29 is 13.2 Å². The van der Waals surface area contributed by atoms with Gasteiger partial charge in [-0.3, -0.25) is 0 Å². The minimum Gasteiger partial charge on any atom is -0.495 e. The van der Waals surface area contributed by atoms with Crippen LogP contribution in [0.5, 0.6) is 5.75 Å². The van der Waals surface area contributed by atoms with Gasteiger partial charge in [-0.15, -0.1) is 11.3 Å². The lowest BCUT2D eigenvalue weighted by atomic mass is 10.3. The third-order valence-electron chi connectivity index (χ3n) is 2.44. The molecule has 0 unspecified atom stereocenters. The minimum absolute atomic E-state index is 0.0229. The smallest absolute Gasteiger partial charge is 0.186 e. The van der Waals surface area contributed by atoms with E-state index in [4.69, 9.17) is 10.5 Å². The molecule has 18 heavy (non-hydrogen) atoms. The molecule has 0 fully saturated rings. The summed E-state index contributed by atoms with van der Waals surface area (Å²) in [6.45, 7) is 0. The van der Waals surface area contributed by atoms with Crippen LogP contribution in [0.15, 0.2) is 40.6 Å². The van der Waals surface area contributed by atoms with Gasteiger partial charge in [0.25, 0.3) is 0 Å². The first-order chi connectivity index (χ1) is 8.53. The van der Waals surface area contributed by atoms with Crippen molar-refractivity contribution in [1.29, 1.82) is 0 Å². The highest BCUT2D eigenvalue weighted by atomic mass is 32.2. The molecule has 2 rings (SSSR count). The molecule has 2 aromatic rings. The predicted octanol–water partition coefficient (Wildman–Crippen LogP) is 2.31. The van der Waals surface area contributed by atoms with Crippen molar-refractivity contribution in [2.45, 2.75) is 10.6 Å². The molecule has 1 aromatic heterocycles. The van der Waals surface area contributed by atoms with Crippen LogP contribution in [0.3, 0.4) is 0 Å². The van der Waals surface area contributed by atoms with Crippen LogP contribution in [0.2, 0.25) is 0 Å². The Morgan fingerprint density at radius 1 is 1.33 bits per heavy atom. The van der Waals surface area contributed by atoms with Crippen LogP contribution in [0, 0.1) is 0 Å². The number of anilines is 1. The average Bonchev–Trinajstić information content (AvgIpc) is 2.80. The first-order valence-corrected chi connectivity index (χ1v) is 7.75. The monoisotopic (exact) mass is 283 g/mol. The number of hydrogen-bond donors (Lipinski definition) is 1. The molecule has 0 amide bonds. The van der Waals surface area contributed by atoms with E-state index >= 15 is 0 Å². The van der Waals surface area contributed by atoms with Crippen molar-refractivity contribution in [2.75, 3.05) is 12.8 Å². The summed E-state index contributed by atoms with van der Waals surface area (Å²) in [5, 5.41) is 1.85. The number of thiophene rings is 1. The third-order valence-corrected chi connectivity index (χ3v) is 5.19. The first-order valence-electron chi connectivity index (χ1n) is 5.21. The van der Waals surface area contributed by atoms with Gasteiger partial charge in [0.1, 0.15) is 10.6 Å². The molecule has 1 heterocycles. The van der Waals surface area contributed by atoms with Gasteiger partial charge in [-0.25, -0.2) is 8.42 Å². The normalized spacial score (nSPS) is 11.4. The second-order valence-corrected chi connectivity index (χ2v) is 6.74. The molecule has 0 radical (unpaired) electrons. The summed E-state index contributed by atoms with van der Waals surface area (Å²) in [6, 6.07) is 8.18. The maximum Gasteiger partial charge on any atom is 0.186 e. The molecule has 0 spiro atoms. The topological polar surface area (TPSA) is 69.4 Å². The molecule has 2 N–H and O–H groups in total. The molecule has 0 aliphatic rings. The van der Waals surface area contributed by atoms with Crippen LogP contribution in [-0.4, -0.2) is 15.5 Å². The average molecular weight is 283 g/mol. The van der Waals surface area contributed by atoms with E-state index in [2.05, 4.69) is 0 Å². The summed E-state index contributed by atoms with van der Waals surface area (Å²) < 4.78 is 29.6. The van der Waals surface area contributed by atoms with E-state index in [1.165, 1.54) is 30.6 Å². The Kier molecular flexibility index (Phi) is 3.58. The summed E-state index contributed by atoms with van der Waals surface area (Å²) in [5.41, 5.74) is 6.08. The van der Waals surface area contributed by atoms with E-state index in [0.29, 0.717) is 5.69 Å². The Morgan fingerprint density at radius 2 is 2.11 bits per heavy atom. The van der Waals surface area contributed by atoms with Crippen LogP contribution in [0.1, 0.15) is 4.88 Å². The Labute approximate surface area is 110 Å². The third kappa shape index (κ3) is 2.65. The van der Waals surface area contributed by atoms with Crippen molar-refractivity contribution >= 4 is 26.9 Å². The summed E-state index contributed by atoms with van der Waals surface area (Å²) in [6.07, 6.45) is 0. The number of benzene rings is 1. The molecule has 0 bridgehead atoms. The van der Waals surface area contributed by atoms with E-state index in [0.717, 1.165) is 4.88 Å². The number of sulfone groups is 1. The second-order valence-electron chi connectivity index (χ2n) is 3.75. The molecule has 0 aliphatic carbocycles. The lowest BCUT2D eigenvalue weighted by Crippen LogP contribution is -2.06. The van der Waals surface area contributed by atoms with Crippen molar-refractivity contribution in [3.05, 3.63) is 40.6 Å². The summed E-state index contributed by atoms with van der Waals surface area (Å²) in [5.74, 6) is 0.261.